The van der Waals surface area contributed by atoms with Crippen LogP contribution in [-0.4, -0.2) is 9.55 Å². The molecule has 0 radical (unpaired) electrons. The van der Waals surface area contributed by atoms with E-state index in [0.29, 0.717) is 11.0 Å². The third kappa shape index (κ3) is 2.22. The number of nitrogens with two attached hydrogens (primary N) is 1. The van der Waals surface area contributed by atoms with Crippen molar-refractivity contribution in [2.75, 3.05) is 5.73 Å². The summed E-state index contributed by atoms with van der Waals surface area (Å²) in [7, 11) is 0. The highest BCUT2D eigenvalue weighted by atomic mass is 35.5. The lowest BCUT2D eigenvalue weighted by atomic mass is 10.2. The number of nitrogens with zero attached hydrogens (tertiary/aromatic N) is 2. The molecular formula is C14H14ClN3S. The first-order valence-corrected chi connectivity index (χ1v) is 7.41. The van der Waals surface area contributed by atoms with Crippen LogP contribution >= 0.6 is 22.9 Å². The molecule has 0 saturated heterocycles. The standard InChI is InChI=1S/C14H14ClN3S/c1-2-9-5-6-19-13(9)8-18-12-7-10(15)3-4-11(12)17-14(18)16/h3-7H,2,8H2,1H3,(H2,16,17). The Morgan fingerprint density at radius 2 is 2.21 bits per heavy atom. The Hall–Kier alpha value is -1.52. The molecule has 3 aromatic rings. The van der Waals surface area contributed by atoms with Gasteiger partial charge in [0.2, 0.25) is 5.95 Å². The first kappa shape index (κ1) is 12.5. The summed E-state index contributed by atoms with van der Waals surface area (Å²) in [5, 5.41) is 2.83. The summed E-state index contributed by atoms with van der Waals surface area (Å²) < 4.78 is 2.02. The number of hydrogen-bond acceptors (Lipinski definition) is 3. The van der Waals surface area contributed by atoms with Gasteiger partial charge in [0.05, 0.1) is 17.6 Å². The van der Waals surface area contributed by atoms with Gasteiger partial charge in [-0.1, -0.05) is 18.5 Å². The number of anilines is 1. The first-order valence-electron chi connectivity index (χ1n) is 6.15. The Balaban J connectivity index is 2.09. The van der Waals surface area contributed by atoms with E-state index in [9.17, 15) is 0 Å². The summed E-state index contributed by atoms with van der Waals surface area (Å²) >= 11 is 7.82. The molecule has 0 spiro atoms. The molecule has 3 rings (SSSR count). The Labute approximate surface area is 120 Å². The average Bonchev–Trinajstić information content (AvgIpc) is 2.96. The van der Waals surface area contributed by atoms with Crippen molar-refractivity contribution in [3.63, 3.8) is 0 Å². The molecule has 2 N–H and O–H groups in total. The van der Waals surface area contributed by atoms with Crippen molar-refractivity contribution in [3.8, 4) is 0 Å². The summed E-state index contributed by atoms with van der Waals surface area (Å²) in [6, 6.07) is 7.82. The molecule has 0 fully saturated rings. The zero-order chi connectivity index (χ0) is 13.4. The number of aromatic nitrogens is 2. The Kier molecular flexibility index (Phi) is 3.21. The summed E-state index contributed by atoms with van der Waals surface area (Å²) in [5.41, 5.74) is 9.27. The minimum atomic E-state index is 0.535. The summed E-state index contributed by atoms with van der Waals surface area (Å²) in [6.45, 7) is 2.92. The molecular weight excluding hydrogens is 278 g/mol. The second kappa shape index (κ2) is 4.87. The predicted octanol–water partition coefficient (Wildman–Crippen LogP) is 3.94. The zero-order valence-electron chi connectivity index (χ0n) is 10.6. The number of fused-ring (bicyclic) bond motifs is 1. The zero-order valence-corrected chi connectivity index (χ0v) is 12.1. The van der Waals surface area contributed by atoms with Crippen LogP contribution in [0.15, 0.2) is 29.6 Å². The fourth-order valence-electron chi connectivity index (χ4n) is 2.25. The maximum Gasteiger partial charge on any atom is 0.201 e. The van der Waals surface area contributed by atoms with Crippen LogP contribution < -0.4 is 5.73 Å². The third-order valence-corrected chi connectivity index (χ3v) is 4.44. The largest absolute Gasteiger partial charge is 0.369 e. The number of nitrogen functional groups attached to an aromatic ring is 1. The predicted molar refractivity (Wildman–Crippen MR) is 82.0 cm³/mol. The molecule has 5 heteroatoms. The number of hydrogen-bond donors (Lipinski definition) is 1. The molecule has 2 heterocycles. The van der Waals surface area contributed by atoms with Gasteiger partial charge in [0.25, 0.3) is 0 Å². The van der Waals surface area contributed by atoms with Crippen LogP contribution in [0.5, 0.6) is 0 Å². The molecule has 0 saturated carbocycles. The van der Waals surface area contributed by atoms with Gasteiger partial charge >= 0.3 is 0 Å². The molecule has 19 heavy (non-hydrogen) atoms. The Bertz CT molecular complexity index is 729. The maximum atomic E-state index is 6.06. The Morgan fingerprint density at radius 3 is 3.00 bits per heavy atom. The van der Waals surface area contributed by atoms with Crippen LogP contribution in [0.1, 0.15) is 17.4 Å². The van der Waals surface area contributed by atoms with Crippen LogP contribution in [0.2, 0.25) is 5.02 Å². The number of thiophene rings is 1. The van der Waals surface area contributed by atoms with E-state index < -0.39 is 0 Å². The molecule has 2 aromatic heterocycles. The van der Waals surface area contributed by atoms with E-state index in [1.807, 2.05) is 22.8 Å². The average molecular weight is 292 g/mol. The van der Waals surface area contributed by atoms with E-state index >= 15 is 0 Å². The van der Waals surface area contributed by atoms with Crippen LogP contribution in [0.4, 0.5) is 5.95 Å². The van der Waals surface area contributed by atoms with Gasteiger partial charge in [0.15, 0.2) is 0 Å². The van der Waals surface area contributed by atoms with Gasteiger partial charge in [0, 0.05) is 9.90 Å². The van der Waals surface area contributed by atoms with Crippen LogP contribution in [0, 0.1) is 0 Å². The monoisotopic (exact) mass is 291 g/mol. The molecule has 0 unspecified atom stereocenters. The smallest absolute Gasteiger partial charge is 0.201 e. The minimum absolute atomic E-state index is 0.535. The van der Waals surface area contributed by atoms with Gasteiger partial charge in [-0.15, -0.1) is 11.3 Å². The van der Waals surface area contributed by atoms with Gasteiger partial charge in [0.1, 0.15) is 0 Å². The minimum Gasteiger partial charge on any atom is -0.369 e. The van der Waals surface area contributed by atoms with Crippen molar-refractivity contribution < 1.29 is 0 Å². The normalized spacial score (nSPS) is 11.3. The molecule has 0 aliphatic heterocycles. The number of halogens is 1. The SMILES string of the molecule is CCc1ccsc1Cn1c(N)nc2ccc(Cl)cc21. The highest BCUT2D eigenvalue weighted by molar-refractivity contribution is 7.10. The number of benzene rings is 1. The van der Waals surface area contributed by atoms with Crippen molar-refractivity contribution in [2.24, 2.45) is 0 Å². The van der Waals surface area contributed by atoms with E-state index in [4.69, 9.17) is 17.3 Å². The van der Waals surface area contributed by atoms with Crippen molar-refractivity contribution in [2.45, 2.75) is 19.9 Å². The molecule has 0 atom stereocenters. The lowest BCUT2D eigenvalue weighted by Gasteiger charge is -2.07. The lowest BCUT2D eigenvalue weighted by Crippen LogP contribution is -2.04. The number of rotatable bonds is 3. The van der Waals surface area contributed by atoms with Crippen molar-refractivity contribution in [1.29, 1.82) is 0 Å². The molecule has 0 bridgehead atoms. The fourth-order valence-corrected chi connectivity index (χ4v) is 3.38. The van der Waals surface area contributed by atoms with E-state index in [1.165, 1.54) is 10.4 Å². The van der Waals surface area contributed by atoms with E-state index in [1.54, 1.807) is 11.3 Å². The molecule has 0 aliphatic carbocycles. The van der Waals surface area contributed by atoms with Gasteiger partial charge < -0.3 is 10.3 Å². The van der Waals surface area contributed by atoms with Gasteiger partial charge in [-0.05, 0) is 41.6 Å². The quantitative estimate of drug-likeness (QED) is 0.794. The highest BCUT2D eigenvalue weighted by Gasteiger charge is 2.11. The summed E-state index contributed by atoms with van der Waals surface area (Å²) in [5.74, 6) is 0.535. The second-order valence-corrected chi connectivity index (χ2v) is 5.85. The molecule has 98 valence electrons. The summed E-state index contributed by atoms with van der Waals surface area (Å²) in [6.07, 6.45) is 1.03. The van der Waals surface area contributed by atoms with Crippen molar-refractivity contribution in [1.82, 2.24) is 9.55 Å². The highest BCUT2D eigenvalue weighted by Crippen LogP contribution is 2.25. The number of imidazole rings is 1. The molecule has 0 aliphatic rings. The van der Waals surface area contributed by atoms with E-state index in [0.717, 1.165) is 24.0 Å². The Morgan fingerprint density at radius 1 is 1.37 bits per heavy atom. The van der Waals surface area contributed by atoms with Crippen LogP contribution in [0.25, 0.3) is 11.0 Å². The fraction of sp³-hybridized carbons (Fsp3) is 0.214. The summed E-state index contributed by atoms with van der Waals surface area (Å²) in [4.78, 5) is 5.70. The third-order valence-electron chi connectivity index (χ3n) is 3.26. The van der Waals surface area contributed by atoms with E-state index in [2.05, 4.69) is 23.4 Å². The number of aryl methyl sites for hydroxylation is 1. The molecule has 0 amide bonds. The maximum absolute atomic E-state index is 6.06. The second-order valence-electron chi connectivity index (χ2n) is 4.41. The van der Waals surface area contributed by atoms with E-state index in [-0.39, 0.29) is 0 Å². The van der Waals surface area contributed by atoms with Gasteiger partial charge in [-0.3, -0.25) is 0 Å². The van der Waals surface area contributed by atoms with Crippen LogP contribution in [0.3, 0.4) is 0 Å². The van der Waals surface area contributed by atoms with Gasteiger partial charge in [-0.25, -0.2) is 4.98 Å². The van der Waals surface area contributed by atoms with Crippen LogP contribution in [-0.2, 0) is 13.0 Å². The molecule has 1 aromatic carbocycles. The first-order chi connectivity index (χ1) is 9.19. The van der Waals surface area contributed by atoms with Gasteiger partial charge in [-0.2, -0.15) is 0 Å². The van der Waals surface area contributed by atoms with Crippen molar-refractivity contribution >= 4 is 39.9 Å². The topological polar surface area (TPSA) is 43.8 Å². The molecule has 3 nitrogen and oxygen atoms in total. The lowest BCUT2D eigenvalue weighted by molar-refractivity contribution is 0.841. The van der Waals surface area contributed by atoms with Crippen molar-refractivity contribution in [3.05, 3.63) is 45.1 Å².